The van der Waals surface area contributed by atoms with Crippen LogP contribution in [-0.4, -0.2) is 55.3 Å². The molecule has 31 heavy (non-hydrogen) atoms. The summed E-state index contributed by atoms with van der Waals surface area (Å²) in [5.74, 6) is 0.788. The molecular formula is C23H40IN5O2. The van der Waals surface area contributed by atoms with Gasteiger partial charge in [-0.3, -0.25) is 4.90 Å². The van der Waals surface area contributed by atoms with Gasteiger partial charge in [0.25, 0.3) is 0 Å². The smallest absolute Gasteiger partial charge is 0.407 e. The number of ether oxygens (including phenoxy) is 1. The second-order valence-corrected chi connectivity index (χ2v) is 8.70. The summed E-state index contributed by atoms with van der Waals surface area (Å²) in [4.78, 5) is 18.8. The molecule has 0 radical (unpaired) electrons. The number of amides is 1. The van der Waals surface area contributed by atoms with Crippen LogP contribution in [0, 0.1) is 0 Å². The average Bonchev–Trinajstić information content (AvgIpc) is 3.18. The van der Waals surface area contributed by atoms with Gasteiger partial charge in [0.15, 0.2) is 5.96 Å². The molecule has 1 amide bonds. The van der Waals surface area contributed by atoms with Crippen LogP contribution < -0.4 is 16.0 Å². The van der Waals surface area contributed by atoms with E-state index in [1.807, 2.05) is 20.8 Å². The quantitative estimate of drug-likeness (QED) is 0.190. The summed E-state index contributed by atoms with van der Waals surface area (Å²) in [6.07, 6.45) is 3.06. The lowest BCUT2D eigenvalue weighted by Gasteiger charge is -2.19. The van der Waals surface area contributed by atoms with Gasteiger partial charge in [-0.15, -0.1) is 24.0 Å². The molecule has 8 heteroatoms. The summed E-state index contributed by atoms with van der Waals surface area (Å²) in [5, 5.41) is 9.34. The number of aliphatic imine (C=N–C) groups is 1. The first-order valence-electron chi connectivity index (χ1n) is 11.1. The summed E-state index contributed by atoms with van der Waals surface area (Å²) in [7, 11) is 0. The molecule has 0 bridgehead atoms. The highest BCUT2D eigenvalue weighted by Gasteiger charge is 2.15. The second kappa shape index (κ2) is 14.5. The lowest BCUT2D eigenvalue weighted by molar-refractivity contribution is 0.0527. The monoisotopic (exact) mass is 545 g/mol. The van der Waals surface area contributed by atoms with Crippen molar-refractivity contribution in [1.29, 1.82) is 0 Å². The molecule has 0 unspecified atom stereocenters. The zero-order chi connectivity index (χ0) is 21.8. The number of carbonyl (C=O) groups excluding carboxylic acids is 1. The lowest BCUT2D eigenvalue weighted by atomic mass is 10.1. The van der Waals surface area contributed by atoms with E-state index in [-0.39, 0.29) is 30.1 Å². The third-order valence-corrected chi connectivity index (χ3v) is 4.71. The molecule has 1 aromatic rings. The molecule has 1 fully saturated rings. The maximum atomic E-state index is 11.6. The van der Waals surface area contributed by atoms with Gasteiger partial charge in [-0.05, 0) is 71.2 Å². The number of nitrogens with one attached hydrogen (secondary N) is 3. The van der Waals surface area contributed by atoms with Gasteiger partial charge in [-0.1, -0.05) is 24.3 Å². The Morgan fingerprint density at radius 2 is 1.65 bits per heavy atom. The number of guanidine groups is 1. The van der Waals surface area contributed by atoms with Gasteiger partial charge >= 0.3 is 6.09 Å². The molecule has 1 aromatic carbocycles. The minimum atomic E-state index is -0.473. The van der Waals surface area contributed by atoms with Crippen LogP contribution in [0.1, 0.15) is 58.1 Å². The van der Waals surface area contributed by atoms with Crippen LogP contribution in [0.3, 0.4) is 0 Å². The van der Waals surface area contributed by atoms with Crippen LogP contribution >= 0.6 is 24.0 Å². The molecule has 0 spiro atoms. The molecule has 176 valence electrons. The van der Waals surface area contributed by atoms with Crippen molar-refractivity contribution in [3.63, 3.8) is 0 Å². The minimum absolute atomic E-state index is 0. The van der Waals surface area contributed by atoms with Gasteiger partial charge in [0.1, 0.15) is 5.60 Å². The fraction of sp³-hybridized carbons (Fsp3) is 0.652. The molecular weight excluding hydrogens is 505 g/mol. The number of rotatable bonds is 9. The van der Waals surface area contributed by atoms with Gasteiger partial charge in [0, 0.05) is 26.2 Å². The van der Waals surface area contributed by atoms with Gasteiger partial charge in [0.2, 0.25) is 0 Å². The molecule has 0 atom stereocenters. The van der Waals surface area contributed by atoms with Crippen LogP contribution in [0.2, 0.25) is 0 Å². The van der Waals surface area contributed by atoms with Gasteiger partial charge in [-0.25, -0.2) is 9.79 Å². The number of carbonyl (C=O) groups is 1. The van der Waals surface area contributed by atoms with Crippen molar-refractivity contribution in [2.75, 3.05) is 32.7 Å². The largest absolute Gasteiger partial charge is 0.444 e. The maximum Gasteiger partial charge on any atom is 0.407 e. The predicted octanol–water partition coefficient (Wildman–Crippen LogP) is 3.87. The van der Waals surface area contributed by atoms with E-state index in [4.69, 9.17) is 4.74 Å². The Hall–Kier alpha value is -1.55. The second-order valence-electron chi connectivity index (χ2n) is 8.70. The third-order valence-electron chi connectivity index (χ3n) is 4.71. The Kier molecular flexibility index (Phi) is 12.9. The van der Waals surface area contributed by atoms with Crippen molar-refractivity contribution in [3.05, 3.63) is 35.4 Å². The molecule has 1 aliphatic heterocycles. The van der Waals surface area contributed by atoms with Crippen LogP contribution in [0.5, 0.6) is 0 Å². The van der Waals surface area contributed by atoms with Gasteiger partial charge < -0.3 is 20.7 Å². The minimum Gasteiger partial charge on any atom is -0.444 e. The zero-order valence-corrected chi connectivity index (χ0v) is 21.8. The molecule has 1 heterocycles. The Bertz CT molecular complexity index is 668. The average molecular weight is 546 g/mol. The highest BCUT2D eigenvalue weighted by atomic mass is 127. The van der Waals surface area contributed by atoms with Crippen molar-refractivity contribution in [3.8, 4) is 0 Å². The standard InChI is InChI=1S/C23H39N5O2.HI/c1-5-24-21(25-13-8-14-26-22(29)30-23(2,3)4)27-17-19-9-11-20(12-10-19)18-28-15-6-7-16-28;/h9-12H,5-8,13-18H2,1-4H3,(H,26,29)(H2,24,25,27);1H. The number of likely N-dealkylation sites (tertiary alicyclic amines) is 1. The summed E-state index contributed by atoms with van der Waals surface area (Å²) in [6, 6.07) is 8.77. The molecule has 0 saturated carbocycles. The highest BCUT2D eigenvalue weighted by Crippen LogP contribution is 2.13. The summed E-state index contributed by atoms with van der Waals surface area (Å²) in [5.41, 5.74) is 2.09. The van der Waals surface area contributed by atoms with E-state index in [0.29, 0.717) is 13.1 Å². The van der Waals surface area contributed by atoms with E-state index in [1.165, 1.54) is 37.1 Å². The Morgan fingerprint density at radius 3 is 2.26 bits per heavy atom. The number of alkyl carbamates (subject to hydrolysis) is 1. The van der Waals surface area contributed by atoms with Gasteiger partial charge in [0.05, 0.1) is 6.54 Å². The van der Waals surface area contributed by atoms with E-state index in [9.17, 15) is 4.79 Å². The van der Waals surface area contributed by atoms with E-state index < -0.39 is 5.60 Å². The fourth-order valence-electron chi connectivity index (χ4n) is 3.26. The van der Waals surface area contributed by atoms with E-state index in [1.54, 1.807) is 0 Å². The Balaban J connectivity index is 0.00000480. The summed E-state index contributed by atoms with van der Waals surface area (Å²) >= 11 is 0. The van der Waals surface area contributed by atoms with Crippen molar-refractivity contribution >= 4 is 36.0 Å². The lowest BCUT2D eigenvalue weighted by Crippen LogP contribution is -2.39. The number of nitrogens with zero attached hydrogens (tertiary/aromatic N) is 2. The molecule has 1 saturated heterocycles. The van der Waals surface area contributed by atoms with E-state index in [2.05, 4.69) is 57.0 Å². The highest BCUT2D eigenvalue weighted by molar-refractivity contribution is 14.0. The molecule has 1 aliphatic rings. The van der Waals surface area contributed by atoms with Crippen molar-refractivity contribution in [1.82, 2.24) is 20.9 Å². The Labute approximate surface area is 204 Å². The topological polar surface area (TPSA) is 78.0 Å². The third kappa shape index (κ3) is 12.2. The molecule has 0 aromatic heterocycles. The summed E-state index contributed by atoms with van der Waals surface area (Å²) in [6.45, 7) is 13.8. The van der Waals surface area contributed by atoms with Crippen LogP contribution in [0.15, 0.2) is 29.3 Å². The van der Waals surface area contributed by atoms with Crippen LogP contribution in [0.4, 0.5) is 4.79 Å². The summed E-state index contributed by atoms with van der Waals surface area (Å²) < 4.78 is 5.23. The van der Waals surface area contributed by atoms with Gasteiger partial charge in [-0.2, -0.15) is 0 Å². The number of hydrogen-bond acceptors (Lipinski definition) is 4. The first kappa shape index (κ1) is 27.5. The van der Waals surface area contributed by atoms with Crippen molar-refractivity contribution in [2.45, 2.75) is 65.6 Å². The Morgan fingerprint density at radius 1 is 1.03 bits per heavy atom. The molecule has 2 rings (SSSR count). The van der Waals surface area contributed by atoms with Crippen LogP contribution in [-0.2, 0) is 17.8 Å². The first-order chi connectivity index (χ1) is 14.4. The van der Waals surface area contributed by atoms with Crippen molar-refractivity contribution < 1.29 is 9.53 Å². The molecule has 3 N–H and O–H groups in total. The van der Waals surface area contributed by atoms with E-state index in [0.717, 1.165) is 32.0 Å². The SMILES string of the molecule is CCNC(=NCc1ccc(CN2CCCC2)cc1)NCCCNC(=O)OC(C)(C)C.I. The zero-order valence-electron chi connectivity index (χ0n) is 19.5. The predicted molar refractivity (Wildman–Crippen MR) is 138 cm³/mol. The normalized spacial score (nSPS) is 14.6. The fourth-order valence-corrected chi connectivity index (χ4v) is 3.26. The maximum absolute atomic E-state index is 11.6. The number of halogens is 1. The first-order valence-corrected chi connectivity index (χ1v) is 11.1. The number of benzene rings is 1. The van der Waals surface area contributed by atoms with Crippen molar-refractivity contribution in [2.24, 2.45) is 4.99 Å². The molecule has 0 aliphatic carbocycles. The van der Waals surface area contributed by atoms with Crippen LogP contribution in [0.25, 0.3) is 0 Å². The number of hydrogen-bond donors (Lipinski definition) is 3. The van der Waals surface area contributed by atoms with E-state index >= 15 is 0 Å². The molecule has 7 nitrogen and oxygen atoms in total.